The maximum Gasteiger partial charge on any atom is 0.335 e. The van der Waals surface area contributed by atoms with Crippen molar-refractivity contribution in [2.75, 3.05) is 12.0 Å². The van der Waals surface area contributed by atoms with Crippen LogP contribution in [-0.2, 0) is 21.6 Å². The molecule has 8 rings (SSSR count). The van der Waals surface area contributed by atoms with Crippen molar-refractivity contribution in [3.63, 3.8) is 0 Å². The second-order valence-electron chi connectivity index (χ2n) is 12.7. The number of methoxy groups -OCH3 is 1. The first-order valence-corrected chi connectivity index (χ1v) is 15.7. The molecule has 4 bridgehead atoms. The molecule has 4 aliphatic carbocycles. The maximum atomic E-state index is 13.6. The Morgan fingerprint density at radius 3 is 2.18 bits per heavy atom. The van der Waals surface area contributed by atoms with Crippen LogP contribution in [0.5, 0.6) is 11.5 Å². The van der Waals surface area contributed by atoms with Crippen LogP contribution < -0.4 is 19.7 Å². The van der Waals surface area contributed by atoms with Crippen molar-refractivity contribution in [3.05, 3.63) is 93.0 Å². The van der Waals surface area contributed by atoms with Gasteiger partial charge >= 0.3 is 6.03 Å². The standard InChI is InChI=1S/C35H32Cl2N2O5/c1-43-31-15-20(3-9-30(31)44-19-21-2-8-28(36)29(37)14-21)13-27-32(40)38-34(42)39(33(27)41)26-6-4-25(5-7-26)35-16-22-10-23(17-35)12-24(11-22)18-35/h2-9,13-15,22-24H,10-12,16-19H2,1H3,(H,38,40,42)/b27-13+. The van der Waals surface area contributed by atoms with Gasteiger partial charge in [0.05, 0.1) is 22.8 Å². The number of amides is 4. The molecule has 0 unspecified atom stereocenters. The molecule has 226 valence electrons. The average molecular weight is 632 g/mol. The molecule has 0 atom stereocenters. The number of carbonyl (C=O) groups excluding carboxylic acids is 3. The Morgan fingerprint density at radius 2 is 1.55 bits per heavy atom. The van der Waals surface area contributed by atoms with Gasteiger partial charge in [-0.1, -0.05) is 47.5 Å². The van der Waals surface area contributed by atoms with E-state index < -0.39 is 17.8 Å². The molecular weight excluding hydrogens is 599 g/mol. The van der Waals surface area contributed by atoms with E-state index in [-0.39, 0.29) is 17.6 Å². The highest BCUT2D eigenvalue weighted by Gasteiger charge is 2.51. The quantitative estimate of drug-likeness (QED) is 0.213. The number of carbonyl (C=O) groups is 3. The lowest BCUT2D eigenvalue weighted by Crippen LogP contribution is -2.54. The highest BCUT2D eigenvalue weighted by Crippen LogP contribution is 2.60. The molecule has 4 saturated carbocycles. The second kappa shape index (κ2) is 11.3. The van der Waals surface area contributed by atoms with Gasteiger partial charge in [0.25, 0.3) is 11.8 Å². The molecule has 4 amide bonds. The summed E-state index contributed by atoms with van der Waals surface area (Å²) < 4.78 is 11.4. The number of anilines is 1. The molecule has 44 heavy (non-hydrogen) atoms. The zero-order chi connectivity index (χ0) is 30.6. The molecule has 1 saturated heterocycles. The number of nitrogens with zero attached hydrogens (tertiary/aromatic N) is 1. The first-order valence-electron chi connectivity index (χ1n) is 15.0. The third-order valence-electron chi connectivity index (χ3n) is 9.75. The van der Waals surface area contributed by atoms with Crippen molar-refractivity contribution < 1.29 is 23.9 Å². The topological polar surface area (TPSA) is 84.9 Å². The molecule has 3 aromatic carbocycles. The van der Waals surface area contributed by atoms with Crippen LogP contribution in [0.1, 0.15) is 55.2 Å². The van der Waals surface area contributed by atoms with E-state index in [2.05, 4.69) is 17.4 Å². The summed E-state index contributed by atoms with van der Waals surface area (Å²) in [5.74, 6) is 1.90. The van der Waals surface area contributed by atoms with Crippen LogP contribution in [0.25, 0.3) is 6.08 Å². The van der Waals surface area contributed by atoms with Crippen LogP contribution in [0, 0.1) is 17.8 Å². The summed E-state index contributed by atoms with van der Waals surface area (Å²) in [5.41, 5.74) is 3.15. The van der Waals surface area contributed by atoms with Gasteiger partial charge in [0.1, 0.15) is 12.2 Å². The van der Waals surface area contributed by atoms with E-state index in [1.165, 1.54) is 57.3 Å². The van der Waals surface area contributed by atoms with E-state index in [0.717, 1.165) is 28.2 Å². The highest BCUT2D eigenvalue weighted by atomic mass is 35.5. The fourth-order valence-electron chi connectivity index (χ4n) is 8.17. The lowest BCUT2D eigenvalue weighted by Gasteiger charge is -2.57. The Kier molecular flexibility index (Phi) is 7.42. The third kappa shape index (κ3) is 5.26. The molecule has 5 aliphatic rings. The molecule has 0 spiro atoms. The number of benzene rings is 3. The van der Waals surface area contributed by atoms with Crippen LogP contribution in [-0.4, -0.2) is 25.0 Å². The summed E-state index contributed by atoms with van der Waals surface area (Å²) >= 11 is 12.1. The molecule has 9 heteroatoms. The normalized spacial score (nSPS) is 26.7. The van der Waals surface area contributed by atoms with Gasteiger partial charge in [-0.25, -0.2) is 9.69 Å². The fraction of sp³-hybridized carbons (Fsp3) is 0.343. The largest absolute Gasteiger partial charge is 0.493 e. The number of barbiturate groups is 1. The lowest BCUT2D eigenvalue weighted by atomic mass is 9.48. The highest BCUT2D eigenvalue weighted by molar-refractivity contribution is 6.42. The second-order valence-corrected chi connectivity index (χ2v) is 13.5. The van der Waals surface area contributed by atoms with Crippen molar-refractivity contribution >= 4 is 52.8 Å². The molecule has 1 aliphatic heterocycles. The summed E-state index contributed by atoms with van der Waals surface area (Å²) in [6, 6.07) is 17.4. The summed E-state index contributed by atoms with van der Waals surface area (Å²) in [5, 5.41) is 3.21. The first-order chi connectivity index (χ1) is 21.2. The Bertz CT molecular complexity index is 1660. The summed E-state index contributed by atoms with van der Waals surface area (Å²) in [6.45, 7) is 0.229. The van der Waals surface area contributed by atoms with Gasteiger partial charge < -0.3 is 9.47 Å². The SMILES string of the molecule is COc1cc(/C=C2\C(=O)NC(=O)N(c3ccc(C45CC6CC(CC(C6)C4)C5)cc3)C2=O)ccc1OCc1ccc(Cl)c(Cl)c1. The lowest BCUT2D eigenvalue weighted by molar-refractivity contribution is -0.122. The minimum absolute atomic E-state index is 0.152. The number of hydrogen-bond acceptors (Lipinski definition) is 5. The number of urea groups is 1. The van der Waals surface area contributed by atoms with Crippen molar-refractivity contribution in [2.45, 2.75) is 50.5 Å². The maximum absolute atomic E-state index is 13.6. The number of ether oxygens (including phenoxy) is 2. The van der Waals surface area contributed by atoms with E-state index in [4.69, 9.17) is 32.7 Å². The molecule has 3 aromatic rings. The van der Waals surface area contributed by atoms with Crippen LogP contribution in [0.4, 0.5) is 10.5 Å². The number of halogens is 2. The van der Waals surface area contributed by atoms with Crippen LogP contribution in [0.3, 0.4) is 0 Å². The smallest absolute Gasteiger partial charge is 0.335 e. The van der Waals surface area contributed by atoms with Crippen LogP contribution in [0.2, 0.25) is 10.0 Å². The zero-order valence-corrected chi connectivity index (χ0v) is 25.8. The van der Waals surface area contributed by atoms with E-state index in [9.17, 15) is 14.4 Å². The van der Waals surface area contributed by atoms with Crippen molar-refractivity contribution in [3.8, 4) is 11.5 Å². The van der Waals surface area contributed by atoms with Gasteiger partial charge in [0.2, 0.25) is 0 Å². The fourth-order valence-corrected chi connectivity index (χ4v) is 8.49. The average Bonchev–Trinajstić information content (AvgIpc) is 2.99. The summed E-state index contributed by atoms with van der Waals surface area (Å²) in [7, 11) is 1.50. The van der Waals surface area contributed by atoms with Crippen molar-refractivity contribution in [2.24, 2.45) is 17.8 Å². The zero-order valence-electron chi connectivity index (χ0n) is 24.3. The summed E-state index contributed by atoms with van der Waals surface area (Å²) in [6.07, 6.45) is 9.23. The van der Waals surface area contributed by atoms with Gasteiger partial charge in [0, 0.05) is 0 Å². The van der Waals surface area contributed by atoms with E-state index in [1.807, 2.05) is 18.2 Å². The van der Waals surface area contributed by atoms with Crippen LogP contribution in [0.15, 0.2) is 66.2 Å². The molecule has 7 nitrogen and oxygen atoms in total. The number of hydrogen-bond donors (Lipinski definition) is 1. The van der Waals surface area contributed by atoms with Crippen molar-refractivity contribution in [1.29, 1.82) is 0 Å². The van der Waals surface area contributed by atoms with Gasteiger partial charge in [-0.15, -0.1) is 0 Å². The van der Waals surface area contributed by atoms with Gasteiger partial charge in [-0.2, -0.15) is 0 Å². The monoisotopic (exact) mass is 630 g/mol. The number of imide groups is 2. The predicted octanol–water partition coefficient (Wildman–Crippen LogP) is 7.72. The Balaban J connectivity index is 1.10. The minimum Gasteiger partial charge on any atom is -0.493 e. The molecular formula is C35H32Cl2N2O5. The number of rotatable bonds is 7. The molecule has 0 radical (unpaired) electrons. The van der Waals surface area contributed by atoms with Gasteiger partial charge in [0.15, 0.2) is 11.5 Å². The van der Waals surface area contributed by atoms with E-state index >= 15 is 0 Å². The van der Waals surface area contributed by atoms with Crippen molar-refractivity contribution in [1.82, 2.24) is 5.32 Å². The minimum atomic E-state index is -0.761. The number of nitrogens with one attached hydrogen (secondary N) is 1. The Labute approximate surface area is 266 Å². The predicted molar refractivity (Wildman–Crippen MR) is 169 cm³/mol. The molecule has 1 N–H and O–H groups in total. The van der Waals surface area contributed by atoms with Gasteiger partial charge in [-0.3, -0.25) is 14.9 Å². The Hall–Kier alpha value is -3.81. The van der Waals surface area contributed by atoms with E-state index in [0.29, 0.717) is 32.8 Å². The van der Waals surface area contributed by atoms with Gasteiger partial charge in [-0.05, 0) is 121 Å². The summed E-state index contributed by atoms with van der Waals surface area (Å²) in [4.78, 5) is 40.3. The third-order valence-corrected chi connectivity index (χ3v) is 10.5. The van der Waals surface area contributed by atoms with Crippen LogP contribution >= 0.6 is 23.2 Å². The molecule has 1 heterocycles. The van der Waals surface area contributed by atoms with E-state index in [1.54, 1.807) is 30.3 Å². The Morgan fingerprint density at radius 1 is 0.864 bits per heavy atom. The first kappa shape index (κ1) is 28.9. The molecule has 0 aromatic heterocycles. The molecule has 5 fully saturated rings.